The highest BCUT2D eigenvalue weighted by molar-refractivity contribution is 5.88. The van der Waals surface area contributed by atoms with Crippen LogP contribution in [0, 0.1) is 23.7 Å². The first kappa shape index (κ1) is 13.2. The fraction of sp³-hybridized carbons (Fsp3) is 0.824. The van der Waals surface area contributed by atoms with Gasteiger partial charge < -0.3 is 4.74 Å². The van der Waals surface area contributed by atoms with Crippen LogP contribution in [0.3, 0.4) is 0 Å². The monoisotopic (exact) mass is 262 g/mol. The number of hydrogen-bond acceptors (Lipinski definition) is 2. The fourth-order valence-corrected chi connectivity index (χ4v) is 5.19. The van der Waals surface area contributed by atoms with Crippen molar-refractivity contribution in [1.29, 1.82) is 0 Å². The molecule has 3 aliphatic carbocycles. The zero-order valence-electron chi connectivity index (χ0n) is 12.4. The Morgan fingerprint density at radius 1 is 1.37 bits per heavy atom. The Morgan fingerprint density at radius 3 is 2.79 bits per heavy atom. The van der Waals surface area contributed by atoms with E-state index >= 15 is 0 Å². The van der Waals surface area contributed by atoms with Crippen LogP contribution in [-0.4, -0.2) is 11.6 Å². The van der Waals surface area contributed by atoms with Crippen LogP contribution in [0.1, 0.15) is 59.3 Å². The molecule has 0 aromatic rings. The molecule has 0 saturated heterocycles. The molecule has 5 unspecified atom stereocenters. The first-order valence-electron chi connectivity index (χ1n) is 7.97. The van der Waals surface area contributed by atoms with E-state index in [-0.39, 0.29) is 11.6 Å². The maximum atomic E-state index is 12.2. The summed E-state index contributed by atoms with van der Waals surface area (Å²) in [5.41, 5.74) is 0.607. The van der Waals surface area contributed by atoms with Crippen molar-refractivity contribution in [2.75, 3.05) is 0 Å². The Hall–Kier alpha value is -0.790. The highest BCUT2D eigenvalue weighted by atomic mass is 16.6. The number of carbonyl (C=O) groups excluding carboxylic acids is 1. The van der Waals surface area contributed by atoms with E-state index in [1.807, 2.05) is 19.9 Å². The SMILES string of the molecule is CC=C(C)C(=O)OC1(CC)CC2CC1C1CCCC21. The van der Waals surface area contributed by atoms with Crippen molar-refractivity contribution < 1.29 is 9.53 Å². The summed E-state index contributed by atoms with van der Waals surface area (Å²) in [7, 11) is 0. The molecule has 0 aliphatic heterocycles. The molecule has 0 heterocycles. The summed E-state index contributed by atoms with van der Waals surface area (Å²) in [6.45, 7) is 5.96. The van der Waals surface area contributed by atoms with Gasteiger partial charge in [-0.25, -0.2) is 4.79 Å². The van der Waals surface area contributed by atoms with Crippen molar-refractivity contribution in [3.05, 3.63) is 11.6 Å². The molecule has 3 aliphatic rings. The summed E-state index contributed by atoms with van der Waals surface area (Å²) in [6.07, 6.45) is 9.46. The van der Waals surface area contributed by atoms with Crippen LogP contribution in [0.15, 0.2) is 11.6 Å². The minimum absolute atomic E-state index is 0.0913. The molecule has 0 amide bonds. The van der Waals surface area contributed by atoms with E-state index in [1.165, 1.54) is 25.7 Å². The van der Waals surface area contributed by atoms with Crippen molar-refractivity contribution in [1.82, 2.24) is 0 Å². The molecule has 2 bridgehead atoms. The van der Waals surface area contributed by atoms with Crippen molar-refractivity contribution in [3.8, 4) is 0 Å². The molecule has 0 spiro atoms. The third-order valence-electron chi connectivity index (χ3n) is 6.24. The van der Waals surface area contributed by atoms with E-state index in [9.17, 15) is 4.79 Å². The van der Waals surface area contributed by atoms with Gasteiger partial charge in [0.15, 0.2) is 0 Å². The molecular weight excluding hydrogens is 236 g/mol. The van der Waals surface area contributed by atoms with Gasteiger partial charge in [-0.1, -0.05) is 19.4 Å². The molecular formula is C17H26O2. The van der Waals surface area contributed by atoms with Crippen LogP contribution in [0.4, 0.5) is 0 Å². The van der Waals surface area contributed by atoms with E-state index in [0.29, 0.717) is 5.92 Å². The van der Waals surface area contributed by atoms with E-state index in [2.05, 4.69) is 6.92 Å². The number of allylic oxidation sites excluding steroid dienone is 1. The van der Waals surface area contributed by atoms with Gasteiger partial charge in [0, 0.05) is 11.5 Å². The molecule has 2 nitrogen and oxygen atoms in total. The highest BCUT2D eigenvalue weighted by Gasteiger charge is 2.61. The van der Waals surface area contributed by atoms with Crippen LogP contribution in [-0.2, 0) is 9.53 Å². The third kappa shape index (κ3) is 1.86. The maximum absolute atomic E-state index is 12.2. The van der Waals surface area contributed by atoms with Crippen LogP contribution in [0.2, 0.25) is 0 Å². The van der Waals surface area contributed by atoms with Crippen molar-refractivity contribution in [2.45, 2.75) is 64.9 Å². The van der Waals surface area contributed by atoms with Crippen molar-refractivity contribution >= 4 is 5.97 Å². The lowest BCUT2D eigenvalue weighted by Crippen LogP contribution is -2.44. The zero-order chi connectivity index (χ0) is 13.6. The molecule has 3 rings (SSSR count). The Morgan fingerprint density at radius 2 is 2.11 bits per heavy atom. The van der Waals surface area contributed by atoms with Gasteiger partial charge in [0.1, 0.15) is 5.60 Å². The summed E-state index contributed by atoms with van der Waals surface area (Å²) < 4.78 is 6.04. The minimum Gasteiger partial charge on any atom is -0.455 e. The minimum atomic E-state index is -0.141. The van der Waals surface area contributed by atoms with Gasteiger partial charge in [-0.15, -0.1) is 0 Å². The highest BCUT2D eigenvalue weighted by Crippen LogP contribution is 2.64. The number of rotatable bonds is 3. The summed E-state index contributed by atoms with van der Waals surface area (Å²) in [4.78, 5) is 12.2. The third-order valence-corrected chi connectivity index (χ3v) is 6.24. The van der Waals surface area contributed by atoms with Crippen LogP contribution in [0.25, 0.3) is 0 Å². The number of fused-ring (bicyclic) bond motifs is 5. The van der Waals surface area contributed by atoms with Crippen molar-refractivity contribution in [2.24, 2.45) is 23.7 Å². The number of carbonyl (C=O) groups is 1. The van der Waals surface area contributed by atoms with E-state index in [0.717, 1.165) is 36.2 Å². The van der Waals surface area contributed by atoms with Crippen molar-refractivity contribution in [3.63, 3.8) is 0 Å². The Balaban J connectivity index is 1.80. The summed E-state index contributed by atoms with van der Waals surface area (Å²) in [6, 6.07) is 0. The number of esters is 1. The van der Waals surface area contributed by atoms with E-state index < -0.39 is 0 Å². The first-order chi connectivity index (χ1) is 9.11. The van der Waals surface area contributed by atoms with Gasteiger partial charge in [-0.3, -0.25) is 0 Å². The van der Waals surface area contributed by atoms with Crippen LogP contribution < -0.4 is 0 Å². The van der Waals surface area contributed by atoms with Gasteiger partial charge in [0.2, 0.25) is 0 Å². The predicted octanol–water partition coefficient (Wildman–Crippen LogP) is 4.10. The van der Waals surface area contributed by atoms with Crippen LogP contribution in [0.5, 0.6) is 0 Å². The average Bonchev–Trinajstić information content (AvgIpc) is 3.08. The summed E-state index contributed by atoms with van der Waals surface area (Å²) in [5.74, 6) is 3.18. The lowest BCUT2D eigenvalue weighted by molar-refractivity contribution is -0.165. The second kappa shape index (κ2) is 4.64. The second-order valence-corrected chi connectivity index (χ2v) is 6.84. The molecule has 3 fully saturated rings. The molecule has 106 valence electrons. The molecule has 0 aromatic heterocycles. The molecule has 2 heteroatoms. The molecule has 19 heavy (non-hydrogen) atoms. The Bertz CT molecular complexity index is 411. The normalized spacial score (nSPS) is 44.5. The quantitative estimate of drug-likeness (QED) is 0.565. The van der Waals surface area contributed by atoms with E-state index in [4.69, 9.17) is 4.74 Å². The molecule has 0 aromatic carbocycles. The van der Waals surface area contributed by atoms with Gasteiger partial charge in [0.25, 0.3) is 0 Å². The lowest BCUT2D eigenvalue weighted by Gasteiger charge is -2.41. The number of ether oxygens (including phenoxy) is 1. The smallest absolute Gasteiger partial charge is 0.333 e. The lowest BCUT2D eigenvalue weighted by atomic mass is 9.71. The van der Waals surface area contributed by atoms with Gasteiger partial charge in [-0.05, 0) is 63.7 Å². The topological polar surface area (TPSA) is 26.3 Å². The first-order valence-corrected chi connectivity index (χ1v) is 7.97. The largest absolute Gasteiger partial charge is 0.455 e. The molecule has 0 N–H and O–H groups in total. The summed E-state index contributed by atoms with van der Waals surface area (Å²) >= 11 is 0. The molecule has 0 radical (unpaired) electrons. The number of hydrogen-bond donors (Lipinski definition) is 0. The zero-order valence-corrected chi connectivity index (χ0v) is 12.4. The molecule has 5 atom stereocenters. The Labute approximate surface area is 116 Å². The van der Waals surface area contributed by atoms with Gasteiger partial charge >= 0.3 is 5.97 Å². The van der Waals surface area contributed by atoms with Crippen LogP contribution >= 0.6 is 0 Å². The van der Waals surface area contributed by atoms with Gasteiger partial charge in [-0.2, -0.15) is 0 Å². The summed E-state index contributed by atoms with van der Waals surface area (Å²) in [5, 5.41) is 0. The predicted molar refractivity (Wildman–Crippen MR) is 75.6 cm³/mol. The average molecular weight is 262 g/mol. The standard InChI is InChI=1S/C17H26O2/c1-4-11(3)16(18)19-17(5-2)10-12-9-15(17)14-8-6-7-13(12)14/h4,12-15H,5-10H2,1-3H3. The van der Waals surface area contributed by atoms with Gasteiger partial charge in [0.05, 0.1) is 0 Å². The Kier molecular flexibility index (Phi) is 3.23. The second-order valence-electron chi connectivity index (χ2n) is 6.84. The molecule has 3 saturated carbocycles. The fourth-order valence-electron chi connectivity index (χ4n) is 5.19. The maximum Gasteiger partial charge on any atom is 0.333 e. The van der Waals surface area contributed by atoms with E-state index in [1.54, 1.807) is 0 Å².